The number of nitrogens with zero attached hydrogens (tertiary/aromatic N) is 2. The minimum atomic E-state index is 0.0381. The molecule has 2 atom stereocenters. The van der Waals surface area contributed by atoms with E-state index in [0.29, 0.717) is 0 Å². The first kappa shape index (κ1) is 10.9. The maximum atomic E-state index is 5.56. The van der Waals surface area contributed by atoms with E-state index in [9.17, 15) is 0 Å². The molecule has 1 rings (SSSR count). The third-order valence-electron chi connectivity index (χ3n) is 2.15. The van der Waals surface area contributed by atoms with Crippen LogP contribution < -0.4 is 0 Å². The van der Waals surface area contributed by atoms with Crippen molar-refractivity contribution < 1.29 is 9.57 Å². The van der Waals surface area contributed by atoms with E-state index in [1.54, 1.807) is 12.2 Å². The molecule has 0 saturated carbocycles. The van der Waals surface area contributed by atoms with Gasteiger partial charge in [-0.15, -0.1) is 0 Å². The highest BCUT2D eigenvalue weighted by Crippen LogP contribution is 2.16. The molecule has 0 aromatic heterocycles. The van der Waals surface area contributed by atoms with E-state index in [1.165, 1.54) is 0 Å². The summed E-state index contributed by atoms with van der Waals surface area (Å²) in [5.41, 5.74) is 0.856. The number of likely N-dealkylation sites (N-methyl/N-ethyl adjacent to an activating group) is 1. The first-order chi connectivity index (χ1) is 6.15. The molecule has 0 aliphatic carbocycles. The molecule has 1 saturated heterocycles. The Morgan fingerprint density at radius 2 is 2.46 bits per heavy atom. The van der Waals surface area contributed by atoms with Crippen LogP contribution in [0.5, 0.6) is 0 Å². The largest absolute Gasteiger partial charge is 0.369 e. The van der Waals surface area contributed by atoms with Crippen molar-refractivity contribution in [2.75, 3.05) is 33.9 Å². The van der Waals surface area contributed by atoms with Crippen LogP contribution in [0.1, 0.15) is 0 Å². The molecule has 4 nitrogen and oxygen atoms in total. The molecule has 0 N–H and O–H groups in total. The van der Waals surface area contributed by atoms with Crippen LogP contribution in [-0.2, 0) is 9.57 Å². The molecule has 2 unspecified atom stereocenters. The van der Waals surface area contributed by atoms with E-state index in [-0.39, 0.29) is 6.10 Å². The summed E-state index contributed by atoms with van der Waals surface area (Å²) in [7, 11) is 6.12. The predicted octanol–water partition coefficient (Wildman–Crippen LogP) is 0.484. The average molecular weight is 204 g/mol. The van der Waals surface area contributed by atoms with Gasteiger partial charge < -0.3 is 4.74 Å². The Labute approximate surface area is 81.7 Å². The van der Waals surface area contributed by atoms with Crippen LogP contribution in [0.25, 0.3) is 0 Å². The average Bonchev–Trinajstić information content (AvgIpc) is 2.15. The summed E-state index contributed by atoms with van der Waals surface area (Å²) < 4.78 is 7.70. The minimum absolute atomic E-state index is 0.0381. The van der Waals surface area contributed by atoms with E-state index >= 15 is 0 Å². The zero-order valence-corrected chi connectivity index (χ0v) is 9.35. The SMILES string of the molecule is C=C(C1CN(P)CCO1)N(C)OC. The maximum Gasteiger partial charge on any atom is 0.112 e. The fourth-order valence-electron chi connectivity index (χ4n) is 1.19. The van der Waals surface area contributed by atoms with Crippen molar-refractivity contribution in [3.63, 3.8) is 0 Å². The van der Waals surface area contributed by atoms with Crippen molar-refractivity contribution in [1.82, 2.24) is 9.73 Å². The second kappa shape index (κ2) is 4.91. The molecule has 0 radical (unpaired) electrons. The zero-order valence-electron chi connectivity index (χ0n) is 8.19. The monoisotopic (exact) mass is 204 g/mol. The molecule has 1 fully saturated rings. The molecule has 1 aliphatic heterocycles. The number of morpholine rings is 1. The Morgan fingerprint density at radius 1 is 1.77 bits per heavy atom. The van der Waals surface area contributed by atoms with Crippen LogP contribution in [0.15, 0.2) is 12.3 Å². The third kappa shape index (κ3) is 2.92. The van der Waals surface area contributed by atoms with Crippen LogP contribution in [0, 0.1) is 0 Å². The van der Waals surface area contributed by atoms with Gasteiger partial charge in [0.15, 0.2) is 0 Å². The van der Waals surface area contributed by atoms with Gasteiger partial charge in [-0.3, -0.25) is 14.6 Å². The van der Waals surface area contributed by atoms with Gasteiger partial charge in [-0.05, 0) is 0 Å². The molecule has 0 aromatic carbocycles. The van der Waals surface area contributed by atoms with Crippen LogP contribution in [0.2, 0.25) is 0 Å². The summed E-state index contributed by atoms with van der Waals surface area (Å²) in [6.07, 6.45) is 0.0381. The van der Waals surface area contributed by atoms with Gasteiger partial charge >= 0.3 is 0 Å². The van der Waals surface area contributed by atoms with E-state index < -0.39 is 0 Å². The Morgan fingerprint density at radius 3 is 3.00 bits per heavy atom. The summed E-state index contributed by atoms with van der Waals surface area (Å²) in [6.45, 7) is 6.46. The Kier molecular flexibility index (Phi) is 4.13. The van der Waals surface area contributed by atoms with Crippen molar-refractivity contribution in [2.45, 2.75) is 6.10 Å². The molecular formula is C8H17N2O2P. The lowest BCUT2D eigenvalue weighted by molar-refractivity contribution is -0.106. The molecule has 0 spiro atoms. The van der Waals surface area contributed by atoms with Gasteiger partial charge in [0, 0.05) is 20.1 Å². The summed E-state index contributed by atoms with van der Waals surface area (Å²) in [5.74, 6) is 0. The third-order valence-corrected chi connectivity index (χ3v) is 2.62. The Bertz CT molecular complexity index is 189. The van der Waals surface area contributed by atoms with Gasteiger partial charge in [-0.2, -0.15) is 0 Å². The first-order valence-corrected chi connectivity index (χ1v) is 4.74. The normalized spacial score (nSPS) is 24.4. The lowest BCUT2D eigenvalue weighted by Crippen LogP contribution is -2.41. The van der Waals surface area contributed by atoms with Crippen molar-refractivity contribution in [3.8, 4) is 0 Å². The molecule has 5 heteroatoms. The molecule has 13 heavy (non-hydrogen) atoms. The van der Waals surface area contributed by atoms with Gasteiger partial charge in [0.1, 0.15) is 6.10 Å². The maximum absolute atomic E-state index is 5.56. The van der Waals surface area contributed by atoms with Crippen LogP contribution in [0.4, 0.5) is 0 Å². The smallest absolute Gasteiger partial charge is 0.112 e. The molecule has 0 aromatic rings. The van der Waals surface area contributed by atoms with E-state index in [4.69, 9.17) is 9.57 Å². The summed E-state index contributed by atoms with van der Waals surface area (Å²) in [4.78, 5) is 5.03. The first-order valence-electron chi connectivity index (χ1n) is 4.23. The van der Waals surface area contributed by atoms with Gasteiger partial charge in [0.25, 0.3) is 0 Å². The van der Waals surface area contributed by atoms with Gasteiger partial charge in [0.2, 0.25) is 0 Å². The summed E-state index contributed by atoms with van der Waals surface area (Å²) in [6, 6.07) is 0. The highest BCUT2D eigenvalue weighted by Gasteiger charge is 2.22. The van der Waals surface area contributed by atoms with E-state index in [0.717, 1.165) is 25.4 Å². The number of ether oxygens (including phenoxy) is 1. The van der Waals surface area contributed by atoms with Crippen LogP contribution >= 0.6 is 9.39 Å². The lowest BCUT2D eigenvalue weighted by Gasteiger charge is -2.33. The van der Waals surface area contributed by atoms with E-state index in [2.05, 4.69) is 20.6 Å². The highest BCUT2D eigenvalue weighted by atomic mass is 31.0. The predicted molar refractivity (Wildman–Crippen MR) is 54.9 cm³/mol. The molecule has 76 valence electrons. The van der Waals surface area contributed by atoms with Gasteiger partial charge in [-0.1, -0.05) is 16.0 Å². The fraction of sp³-hybridized carbons (Fsp3) is 0.750. The van der Waals surface area contributed by atoms with Crippen LogP contribution in [-0.4, -0.2) is 49.7 Å². The standard InChI is InChI=1S/C8H17N2O2P/c1-7(9(2)11-3)8-6-10(13)4-5-12-8/h8H,1,4-6,13H2,2-3H3. The summed E-state index contributed by atoms with van der Waals surface area (Å²) >= 11 is 0. The minimum Gasteiger partial charge on any atom is -0.369 e. The number of hydrogen-bond donors (Lipinski definition) is 0. The lowest BCUT2D eigenvalue weighted by atomic mass is 10.2. The van der Waals surface area contributed by atoms with E-state index in [1.807, 2.05) is 7.05 Å². The van der Waals surface area contributed by atoms with Crippen molar-refractivity contribution >= 4 is 9.39 Å². The van der Waals surface area contributed by atoms with Crippen molar-refractivity contribution in [1.29, 1.82) is 0 Å². The Balaban J connectivity index is 2.46. The topological polar surface area (TPSA) is 24.9 Å². The van der Waals surface area contributed by atoms with Crippen LogP contribution in [0.3, 0.4) is 0 Å². The number of hydroxylamine groups is 2. The summed E-state index contributed by atoms with van der Waals surface area (Å²) in [5, 5.41) is 1.63. The molecule has 1 heterocycles. The zero-order chi connectivity index (χ0) is 9.84. The highest BCUT2D eigenvalue weighted by molar-refractivity contribution is 7.13. The second-order valence-electron chi connectivity index (χ2n) is 3.03. The second-order valence-corrected chi connectivity index (χ2v) is 3.76. The number of hydrogen-bond acceptors (Lipinski definition) is 4. The van der Waals surface area contributed by atoms with Crippen molar-refractivity contribution in [3.05, 3.63) is 12.3 Å². The van der Waals surface area contributed by atoms with Gasteiger partial charge in [0.05, 0.1) is 19.4 Å². The molecular weight excluding hydrogens is 187 g/mol. The molecule has 0 amide bonds. The molecule has 0 bridgehead atoms. The van der Waals surface area contributed by atoms with Crippen molar-refractivity contribution in [2.24, 2.45) is 0 Å². The quantitative estimate of drug-likeness (QED) is 0.493. The fourth-order valence-corrected chi connectivity index (χ4v) is 1.49. The Hall–Kier alpha value is -0.150. The van der Waals surface area contributed by atoms with Gasteiger partial charge in [-0.25, -0.2) is 0 Å². The number of rotatable bonds is 3. The molecule has 1 aliphatic rings.